The van der Waals surface area contributed by atoms with Gasteiger partial charge < -0.3 is 15.4 Å². The van der Waals surface area contributed by atoms with Gasteiger partial charge >= 0.3 is 6.01 Å². The number of pyridine rings is 1. The van der Waals surface area contributed by atoms with E-state index in [0.29, 0.717) is 30.5 Å². The highest BCUT2D eigenvalue weighted by Gasteiger charge is 2.21. The van der Waals surface area contributed by atoms with Gasteiger partial charge in [0.15, 0.2) is 11.5 Å². The molecule has 0 aromatic carbocycles. The molecule has 0 unspecified atom stereocenters. The van der Waals surface area contributed by atoms with Crippen molar-refractivity contribution in [3.05, 3.63) is 35.3 Å². The molecule has 1 fully saturated rings. The first-order valence-electron chi connectivity index (χ1n) is 10.9. The van der Waals surface area contributed by atoms with Crippen molar-refractivity contribution in [3.8, 4) is 6.01 Å². The maximum atomic E-state index is 6.08. The Hall–Kier alpha value is -2.90. The Morgan fingerprint density at radius 3 is 2.87 bits per heavy atom. The van der Waals surface area contributed by atoms with Crippen molar-refractivity contribution in [1.29, 1.82) is 0 Å². The Kier molecular flexibility index (Phi) is 6.01. The Bertz CT molecular complexity index is 1020. The number of fused-ring (bicyclic) bond motifs is 1. The number of aryl methyl sites for hydroxylation is 1. The number of anilines is 2. The number of hydrogen-bond acceptors (Lipinski definition) is 7. The van der Waals surface area contributed by atoms with Crippen molar-refractivity contribution >= 4 is 17.3 Å². The zero-order valence-corrected chi connectivity index (χ0v) is 18.1. The number of nitrogen functional groups attached to an aromatic ring is 1. The van der Waals surface area contributed by atoms with Crippen molar-refractivity contribution in [1.82, 2.24) is 24.6 Å². The van der Waals surface area contributed by atoms with Gasteiger partial charge in [-0.15, -0.1) is 5.10 Å². The van der Waals surface area contributed by atoms with Gasteiger partial charge in [-0.05, 0) is 50.7 Å². The van der Waals surface area contributed by atoms with Crippen LogP contribution in [0.4, 0.5) is 11.6 Å². The van der Waals surface area contributed by atoms with E-state index in [1.807, 2.05) is 6.20 Å². The lowest BCUT2D eigenvalue weighted by Crippen LogP contribution is -2.38. The topological polar surface area (TPSA) is 94.5 Å². The van der Waals surface area contributed by atoms with E-state index >= 15 is 0 Å². The Morgan fingerprint density at radius 2 is 2.10 bits per heavy atom. The first-order chi connectivity index (χ1) is 14.6. The number of rotatable bonds is 7. The monoisotopic (exact) mass is 409 g/mol. The third-order valence-corrected chi connectivity index (χ3v) is 5.74. The predicted octanol–water partition coefficient (Wildman–Crippen LogP) is 3.56. The number of piperidine rings is 1. The molecule has 2 N–H and O–H groups in total. The average molecular weight is 410 g/mol. The summed E-state index contributed by atoms with van der Waals surface area (Å²) >= 11 is 0. The van der Waals surface area contributed by atoms with Gasteiger partial charge in [-0.25, -0.2) is 14.5 Å². The lowest BCUT2D eigenvalue weighted by Gasteiger charge is -2.35. The molecule has 0 amide bonds. The summed E-state index contributed by atoms with van der Waals surface area (Å²) in [7, 11) is 0. The van der Waals surface area contributed by atoms with Crippen LogP contribution in [-0.2, 0) is 6.42 Å². The molecule has 0 bridgehead atoms. The number of hydrogen-bond donors (Lipinski definition) is 1. The second-order valence-corrected chi connectivity index (χ2v) is 8.17. The molecule has 0 aliphatic carbocycles. The molecule has 0 radical (unpaired) electrons. The van der Waals surface area contributed by atoms with E-state index in [0.717, 1.165) is 36.5 Å². The zero-order valence-electron chi connectivity index (χ0n) is 18.1. The molecule has 1 aliphatic heterocycles. The highest BCUT2D eigenvalue weighted by Crippen LogP contribution is 2.27. The normalized spacial score (nSPS) is 16.9. The van der Waals surface area contributed by atoms with Gasteiger partial charge in [0.2, 0.25) is 0 Å². The van der Waals surface area contributed by atoms with Crippen molar-refractivity contribution < 1.29 is 4.74 Å². The lowest BCUT2D eigenvalue weighted by molar-refractivity contribution is 0.280. The van der Waals surface area contributed by atoms with E-state index in [2.05, 4.69) is 46.8 Å². The number of nitrogens with zero attached hydrogens (tertiary/aromatic N) is 6. The van der Waals surface area contributed by atoms with E-state index in [1.54, 1.807) is 10.7 Å². The number of unbranched alkanes of at least 4 members (excludes halogenated alkanes) is 1. The average Bonchev–Trinajstić information content (AvgIpc) is 3.12. The van der Waals surface area contributed by atoms with E-state index in [1.165, 1.54) is 24.8 Å². The zero-order chi connectivity index (χ0) is 21.1. The minimum Gasteiger partial charge on any atom is -0.462 e. The summed E-state index contributed by atoms with van der Waals surface area (Å²) in [5.41, 5.74) is 9.88. The second kappa shape index (κ2) is 8.85. The molecule has 3 aromatic rings. The standard InChI is InChI=1S/C22H31N7O/c1-4-5-10-30-22-26-19(23)21-25-14-18(29(21)27-22)12-17-11-15(2)20(24-13-17)28-9-7-6-8-16(28)3/h11,13-14,16H,4-10,12H2,1-3H3,(H2,23,26,27)/t16-/m0/s1. The molecule has 1 aliphatic rings. The molecular weight excluding hydrogens is 378 g/mol. The van der Waals surface area contributed by atoms with Gasteiger partial charge in [-0.3, -0.25) is 0 Å². The Balaban J connectivity index is 1.57. The molecule has 4 heterocycles. The molecular formula is C22H31N7O. The highest BCUT2D eigenvalue weighted by atomic mass is 16.5. The quantitative estimate of drug-likeness (QED) is 0.596. The van der Waals surface area contributed by atoms with Gasteiger partial charge in [-0.1, -0.05) is 19.4 Å². The summed E-state index contributed by atoms with van der Waals surface area (Å²) in [4.78, 5) is 15.9. The van der Waals surface area contributed by atoms with E-state index < -0.39 is 0 Å². The summed E-state index contributed by atoms with van der Waals surface area (Å²) in [5.74, 6) is 1.42. The minimum absolute atomic E-state index is 0.288. The Morgan fingerprint density at radius 1 is 1.23 bits per heavy atom. The van der Waals surface area contributed by atoms with Crippen LogP contribution in [0.2, 0.25) is 0 Å². The van der Waals surface area contributed by atoms with Crippen LogP contribution in [-0.4, -0.2) is 43.8 Å². The van der Waals surface area contributed by atoms with E-state index in [4.69, 9.17) is 15.5 Å². The van der Waals surface area contributed by atoms with Crippen LogP contribution in [0.1, 0.15) is 62.8 Å². The Labute approximate surface area is 177 Å². The summed E-state index contributed by atoms with van der Waals surface area (Å²) < 4.78 is 7.39. The molecule has 8 nitrogen and oxygen atoms in total. The fourth-order valence-electron chi connectivity index (χ4n) is 4.06. The summed E-state index contributed by atoms with van der Waals surface area (Å²) in [6.45, 7) is 8.20. The molecule has 1 atom stereocenters. The van der Waals surface area contributed by atoms with E-state index in [-0.39, 0.29) is 6.01 Å². The minimum atomic E-state index is 0.288. The summed E-state index contributed by atoms with van der Waals surface area (Å²) in [6, 6.07) is 3.04. The largest absolute Gasteiger partial charge is 0.462 e. The fourth-order valence-corrected chi connectivity index (χ4v) is 4.06. The number of imidazole rings is 1. The van der Waals surface area contributed by atoms with Crippen LogP contribution in [0.25, 0.3) is 5.65 Å². The summed E-state index contributed by atoms with van der Waals surface area (Å²) in [6.07, 6.45) is 10.2. The molecule has 0 spiro atoms. The summed E-state index contributed by atoms with van der Waals surface area (Å²) in [5, 5.41) is 4.50. The van der Waals surface area contributed by atoms with Gasteiger partial charge in [0.25, 0.3) is 0 Å². The maximum Gasteiger partial charge on any atom is 0.336 e. The molecule has 0 saturated carbocycles. The number of nitrogens with two attached hydrogens (primary N) is 1. The van der Waals surface area contributed by atoms with Gasteiger partial charge in [0.1, 0.15) is 5.82 Å². The van der Waals surface area contributed by atoms with Crippen molar-refractivity contribution in [2.24, 2.45) is 0 Å². The van der Waals surface area contributed by atoms with Crippen LogP contribution in [0.15, 0.2) is 18.5 Å². The number of aromatic nitrogens is 5. The van der Waals surface area contributed by atoms with Crippen molar-refractivity contribution in [2.75, 3.05) is 23.8 Å². The fraction of sp³-hybridized carbons (Fsp3) is 0.545. The maximum absolute atomic E-state index is 6.08. The molecule has 4 rings (SSSR count). The van der Waals surface area contributed by atoms with Crippen molar-refractivity contribution in [2.45, 2.75) is 65.3 Å². The van der Waals surface area contributed by atoms with Crippen LogP contribution < -0.4 is 15.4 Å². The van der Waals surface area contributed by atoms with Gasteiger partial charge in [0, 0.05) is 25.2 Å². The third-order valence-electron chi connectivity index (χ3n) is 5.74. The van der Waals surface area contributed by atoms with Gasteiger partial charge in [0.05, 0.1) is 18.5 Å². The lowest BCUT2D eigenvalue weighted by atomic mass is 10.0. The van der Waals surface area contributed by atoms with E-state index in [9.17, 15) is 0 Å². The van der Waals surface area contributed by atoms with Crippen LogP contribution in [0, 0.1) is 6.92 Å². The first kappa shape index (κ1) is 20.4. The van der Waals surface area contributed by atoms with Gasteiger partial charge in [-0.2, -0.15) is 4.98 Å². The van der Waals surface area contributed by atoms with Crippen LogP contribution in [0.5, 0.6) is 6.01 Å². The third kappa shape index (κ3) is 4.17. The first-order valence-corrected chi connectivity index (χ1v) is 10.9. The molecule has 3 aromatic heterocycles. The molecule has 8 heteroatoms. The predicted molar refractivity (Wildman–Crippen MR) is 118 cm³/mol. The SMILES string of the molecule is CCCCOc1nc(N)c2ncc(Cc3cnc(N4CCCC[C@@H]4C)c(C)c3)n2n1. The number of ether oxygens (including phenoxy) is 1. The van der Waals surface area contributed by atoms with Crippen LogP contribution >= 0.6 is 0 Å². The van der Waals surface area contributed by atoms with Crippen LogP contribution in [0.3, 0.4) is 0 Å². The molecule has 1 saturated heterocycles. The van der Waals surface area contributed by atoms with Crippen molar-refractivity contribution in [3.63, 3.8) is 0 Å². The molecule has 30 heavy (non-hydrogen) atoms. The highest BCUT2D eigenvalue weighted by molar-refractivity contribution is 5.60. The second-order valence-electron chi connectivity index (χ2n) is 8.17. The molecule has 160 valence electrons. The smallest absolute Gasteiger partial charge is 0.336 e.